The van der Waals surface area contributed by atoms with Crippen molar-refractivity contribution in [3.05, 3.63) is 35.9 Å². The van der Waals surface area contributed by atoms with Crippen LogP contribution in [0.25, 0.3) is 0 Å². The Morgan fingerprint density at radius 3 is 2.80 bits per heavy atom. The van der Waals surface area contributed by atoms with E-state index in [4.69, 9.17) is 24.4 Å². The first kappa shape index (κ1) is 9.87. The maximum atomic E-state index is 9.80. The third-order valence-corrected chi connectivity index (χ3v) is 3.11. The molecule has 5 nitrogen and oxygen atoms in total. The second-order valence-electron chi connectivity index (χ2n) is 5.12. The maximum Gasteiger partial charge on any atom is 0.190 e. The second kappa shape index (κ2) is 5.42. The van der Waals surface area contributed by atoms with E-state index in [0.29, 0.717) is 0 Å². The number of aliphatic hydroxyl groups is 1. The Morgan fingerprint density at radius 1 is 1.35 bits per heavy atom. The first-order chi connectivity index (χ1) is 11.0. The first-order valence-corrected chi connectivity index (χ1v) is 6.42. The number of benzene rings is 1. The fraction of sp³-hybridized carbons (Fsp3) is 0.600. The zero-order valence-electron chi connectivity index (χ0n) is 15.3. The Kier molecular flexibility index (Phi) is 2.68. The molecule has 1 N–H and O–H groups in total. The highest BCUT2D eigenvalue weighted by molar-refractivity contribution is 5.13. The number of rotatable bonds is 4. The summed E-state index contributed by atoms with van der Waals surface area (Å²) in [7, 11) is 0. The fourth-order valence-electron chi connectivity index (χ4n) is 2.26. The molecule has 0 spiro atoms. The predicted molar refractivity (Wildman–Crippen MR) is 70.8 cm³/mol. The minimum Gasteiger partial charge on any atom is -0.394 e. The molecule has 4 atom stereocenters. The highest BCUT2D eigenvalue weighted by Crippen LogP contribution is 2.38. The molecule has 5 heteroatoms. The van der Waals surface area contributed by atoms with E-state index in [-0.39, 0.29) is 6.61 Å². The van der Waals surface area contributed by atoms with E-state index in [1.807, 2.05) is 6.07 Å². The van der Waals surface area contributed by atoms with Gasteiger partial charge in [0.1, 0.15) is 18.3 Å². The van der Waals surface area contributed by atoms with Crippen molar-refractivity contribution in [3.63, 3.8) is 0 Å². The molecule has 0 radical (unpaired) electrons. The lowest BCUT2D eigenvalue weighted by atomic mass is 10.1. The predicted octanol–water partition coefficient (Wildman–Crippen LogP) is 1.44. The summed E-state index contributed by atoms with van der Waals surface area (Å²) >= 11 is 0. The highest BCUT2D eigenvalue weighted by atomic mass is 16.8. The van der Waals surface area contributed by atoms with Crippen LogP contribution in [0.4, 0.5) is 0 Å². The Bertz CT molecular complexity index is 608. The van der Waals surface area contributed by atoms with E-state index >= 15 is 0 Å². The highest BCUT2D eigenvalue weighted by Gasteiger charge is 2.55. The van der Waals surface area contributed by atoms with Crippen molar-refractivity contribution in [1.82, 2.24) is 0 Å². The van der Waals surface area contributed by atoms with Crippen LogP contribution in [0.15, 0.2) is 30.3 Å². The molecule has 1 aromatic rings. The van der Waals surface area contributed by atoms with E-state index in [1.54, 1.807) is 38.1 Å². The van der Waals surface area contributed by atoms with Gasteiger partial charge in [0.05, 0.1) is 18.6 Å². The second-order valence-corrected chi connectivity index (χ2v) is 5.12. The van der Waals surface area contributed by atoms with Crippen LogP contribution in [-0.4, -0.2) is 42.0 Å². The molecule has 2 heterocycles. The molecule has 2 saturated heterocycles. The van der Waals surface area contributed by atoms with Gasteiger partial charge < -0.3 is 24.1 Å². The SMILES string of the molecule is [2H]C([2H])(O)[C@@]1([2H])O[C@@H]2OC(C)(C)O[C@@H]2[C@]1([2H])OCc1ccccc1. The van der Waals surface area contributed by atoms with Gasteiger partial charge in [0.2, 0.25) is 0 Å². The van der Waals surface area contributed by atoms with Crippen LogP contribution in [0.3, 0.4) is 0 Å². The van der Waals surface area contributed by atoms with Crippen molar-refractivity contribution >= 4 is 0 Å². The molecule has 0 aliphatic carbocycles. The Balaban J connectivity index is 1.92. The van der Waals surface area contributed by atoms with Gasteiger partial charge in [-0.15, -0.1) is 0 Å². The molecule has 2 fully saturated rings. The van der Waals surface area contributed by atoms with E-state index in [1.165, 1.54) is 0 Å². The zero-order valence-corrected chi connectivity index (χ0v) is 11.3. The van der Waals surface area contributed by atoms with Crippen molar-refractivity contribution in [1.29, 1.82) is 0 Å². The molecule has 110 valence electrons. The topological polar surface area (TPSA) is 57.2 Å². The molecule has 1 aromatic carbocycles. The standard InChI is InChI=1S/C15H20O5/c1-15(2)19-13-12(11(8-16)18-14(13)20-15)17-9-10-6-4-3-5-7-10/h3-7,11-14,16H,8-9H2,1-2H3/t11-,12-,13-,14-/m1/s1/i8D2,11D,12D. The molecule has 0 bridgehead atoms. The van der Waals surface area contributed by atoms with Crippen LogP contribution in [0, 0.1) is 0 Å². The van der Waals surface area contributed by atoms with E-state index in [2.05, 4.69) is 0 Å². The summed E-state index contributed by atoms with van der Waals surface area (Å²) in [5.74, 6) is -1.07. The van der Waals surface area contributed by atoms with Gasteiger partial charge in [-0.1, -0.05) is 30.3 Å². The molecule has 3 rings (SSSR count). The Labute approximate surface area is 124 Å². The van der Waals surface area contributed by atoms with Gasteiger partial charge in [-0.3, -0.25) is 0 Å². The third-order valence-electron chi connectivity index (χ3n) is 3.11. The lowest BCUT2D eigenvalue weighted by molar-refractivity contribution is -0.222. The maximum absolute atomic E-state index is 9.80. The van der Waals surface area contributed by atoms with E-state index < -0.39 is 36.9 Å². The van der Waals surface area contributed by atoms with Gasteiger partial charge in [0.25, 0.3) is 0 Å². The van der Waals surface area contributed by atoms with Gasteiger partial charge in [0.15, 0.2) is 12.1 Å². The molecule has 2 aliphatic rings. The molecule has 0 amide bonds. The van der Waals surface area contributed by atoms with Crippen molar-refractivity contribution in [3.8, 4) is 0 Å². The van der Waals surface area contributed by atoms with Crippen LogP contribution < -0.4 is 0 Å². The van der Waals surface area contributed by atoms with Crippen LogP contribution in [0.2, 0.25) is 0 Å². The number of hydrogen-bond donors (Lipinski definition) is 1. The van der Waals surface area contributed by atoms with Gasteiger partial charge in [-0.05, 0) is 19.4 Å². The number of ether oxygens (including phenoxy) is 4. The average Bonchev–Trinajstić information content (AvgIpc) is 2.88. The molecule has 20 heavy (non-hydrogen) atoms. The van der Waals surface area contributed by atoms with Crippen LogP contribution in [-0.2, 0) is 25.6 Å². The molecular weight excluding hydrogens is 260 g/mol. The van der Waals surface area contributed by atoms with Gasteiger partial charge >= 0.3 is 0 Å². The van der Waals surface area contributed by atoms with Gasteiger partial charge in [0, 0.05) is 0 Å². The fourth-order valence-corrected chi connectivity index (χ4v) is 2.26. The quantitative estimate of drug-likeness (QED) is 0.906. The van der Waals surface area contributed by atoms with E-state index in [9.17, 15) is 5.11 Å². The third kappa shape index (κ3) is 2.73. The Morgan fingerprint density at radius 2 is 2.10 bits per heavy atom. The van der Waals surface area contributed by atoms with Crippen molar-refractivity contribution < 1.29 is 29.5 Å². The smallest absolute Gasteiger partial charge is 0.190 e. The van der Waals surface area contributed by atoms with E-state index in [0.717, 1.165) is 5.56 Å². The number of fused-ring (bicyclic) bond motifs is 1. The van der Waals surface area contributed by atoms with Gasteiger partial charge in [-0.25, -0.2) is 0 Å². The summed E-state index contributed by atoms with van der Waals surface area (Å²) in [4.78, 5) is 0. The van der Waals surface area contributed by atoms with Crippen molar-refractivity contribution in [2.24, 2.45) is 0 Å². The van der Waals surface area contributed by atoms with Crippen LogP contribution in [0.5, 0.6) is 0 Å². The molecule has 0 unspecified atom stereocenters. The zero-order chi connectivity index (χ0) is 17.8. The van der Waals surface area contributed by atoms with Crippen LogP contribution in [0.1, 0.15) is 24.9 Å². The summed E-state index contributed by atoms with van der Waals surface area (Å²) in [5.41, 5.74) is 0.728. The van der Waals surface area contributed by atoms with Crippen molar-refractivity contribution in [2.75, 3.05) is 6.56 Å². The minimum absolute atomic E-state index is 0.0720. The minimum atomic E-state index is -3.16. The largest absolute Gasteiger partial charge is 0.394 e. The van der Waals surface area contributed by atoms with Gasteiger partial charge in [-0.2, -0.15) is 0 Å². The first-order valence-electron chi connectivity index (χ1n) is 8.42. The monoisotopic (exact) mass is 284 g/mol. The molecule has 0 aromatic heterocycles. The lowest BCUT2D eigenvalue weighted by Crippen LogP contribution is -2.38. The average molecular weight is 284 g/mol. The summed E-state index contributed by atoms with van der Waals surface area (Å²) in [6.45, 7) is 0.00107. The molecular formula is C15H20O5. The summed E-state index contributed by atoms with van der Waals surface area (Å²) in [5, 5.41) is 9.80. The summed E-state index contributed by atoms with van der Waals surface area (Å²) < 4.78 is 53.9. The normalized spacial score (nSPS) is 46.1. The van der Waals surface area contributed by atoms with Crippen molar-refractivity contribution in [2.45, 2.75) is 50.8 Å². The number of hydrogen-bond acceptors (Lipinski definition) is 5. The summed E-state index contributed by atoms with van der Waals surface area (Å²) in [6.07, 6.45) is -7.44. The lowest BCUT2D eigenvalue weighted by Gasteiger charge is -2.25. The Hall–Kier alpha value is -0.980. The molecule has 0 saturated carbocycles. The van der Waals surface area contributed by atoms with Crippen LogP contribution >= 0.6 is 0 Å². The molecule has 2 aliphatic heterocycles. The summed E-state index contributed by atoms with van der Waals surface area (Å²) in [6, 6.07) is 8.95.